The SMILES string of the molecule is CCCCCCCCCCCCCCCC(=O)NCc1ccc(C2OC(CSc3ccc(NC(C)=O)cc3)CC(c3ccc(CO)cc3)O2)cc1. The fourth-order valence-corrected chi connectivity index (χ4v) is 7.36. The van der Waals surface area contributed by atoms with Crippen LogP contribution in [-0.2, 0) is 32.2 Å². The van der Waals surface area contributed by atoms with E-state index in [0.29, 0.717) is 19.4 Å². The minimum atomic E-state index is -0.534. The fourth-order valence-electron chi connectivity index (χ4n) is 6.43. The smallest absolute Gasteiger partial charge is 0.221 e. The van der Waals surface area contributed by atoms with Crippen LogP contribution in [-0.4, -0.2) is 28.8 Å². The van der Waals surface area contributed by atoms with E-state index >= 15 is 0 Å². The summed E-state index contributed by atoms with van der Waals surface area (Å²) in [7, 11) is 0. The molecule has 1 aliphatic heterocycles. The van der Waals surface area contributed by atoms with Gasteiger partial charge in [-0.1, -0.05) is 133 Å². The Bertz CT molecular complexity index is 1410. The predicted molar refractivity (Wildman–Crippen MR) is 208 cm³/mol. The van der Waals surface area contributed by atoms with Crippen LogP contribution in [0, 0.1) is 0 Å². The van der Waals surface area contributed by atoms with Crippen LogP contribution in [0.15, 0.2) is 77.7 Å². The van der Waals surface area contributed by atoms with Crippen molar-refractivity contribution in [2.45, 2.75) is 147 Å². The van der Waals surface area contributed by atoms with Crippen molar-refractivity contribution in [1.29, 1.82) is 0 Å². The molecule has 1 aliphatic rings. The molecule has 3 atom stereocenters. The lowest BCUT2D eigenvalue weighted by molar-refractivity contribution is -0.245. The molecule has 8 heteroatoms. The third-order valence-corrected chi connectivity index (χ3v) is 10.6. The van der Waals surface area contributed by atoms with Crippen molar-refractivity contribution in [3.8, 4) is 0 Å². The Labute approximate surface area is 310 Å². The number of thioether (sulfide) groups is 1. The van der Waals surface area contributed by atoms with E-state index in [1.54, 1.807) is 11.8 Å². The molecule has 1 saturated heterocycles. The number of amides is 2. The molecule has 3 N–H and O–H groups in total. The molecule has 0 bridgehead atoms. The summed E-state index contributed by atoms with van der Waals surface area (Å²) >= 11 is 1.72. The van der Waals surface area contributed by atoms with Crippen LogP contribution in [0.1, 0.15) is 145 Å². The zero-order valence-electron chi connectivity index (χ0n) is 30.9. The summed E-state index contributed by atoms with van der Waals surface area (Å²) in [4.78, 5) is 25.0. The highest BCUT2D eigenvalue weighted by atomic mass is 32.2. The first-order valence-corrected chi connectivity index (χ1v) is 20.3. The summed E-state index contributed by atoms with van der Waals surface area (Å²) in [6.07, 6.45) is 17.4. The maximum Gasteiger partial charge on any atom is 0.221 e. The molecule has 0 spiro atoms. The zero-order chi connectivity index (χ0) is 36.1. The lowest BCUT2D eigenvalue weighted by atomic mass is 10.0. The average molecular weight is 717 g/mol. The number of nitrogens with one attached hydrogen (secondary N) is 2. The number of carbonyl (C=O) groups is 2. The Kier molecular flexibility index (Phi) is 18.6. The molecule has 0 radical (unpaired) electrons. The number of anilines is 1. The molecule has 51 heavy (non-hydrogen) atoms. The Hall–Kier alpha value is -3.17. The Morgan fingerprint density at radius 2 is 1.29 bits per heavy atom. The first kappa shape index (κ1) is 40.6. The lowest BCUT2D eigenvalue weighted by Gasteiger charge is -2.36. The molecule has 0 aromatic heterocycles. The molecule has 0 saturated carbocycles. The van der Waals surface area contributed by atoms with Gasteiger partial charge in [-0.25, -0.2) is 0 Å². The van der Waals surface area contributed by atoms with Gasteiger partial charge < -0.3 is 25.2 Å². The quantitative estimate of drug-likeness (QED) is 0.0668. The summed E-state index contributed by atoms with van der Waals surface area (Å²) < 4.78 is 13.0. The summed E-state index contributed by atoms with van der Waals surface area (Å²) in [5.74, 6) is 0.767. The number of unbranched alkanes of at least 4 members (excludes halogenated alkanes) is 12. The molecule has 0 aliphatic carbocycles. The molecule has 3 aromatic carbocycles. The summed E-state index contributed by atoms with van der Waals surface area (Å²) in [5.41, 5.74) is 4.67. The minimum absolute atomic E-state index is 0.00374. The summed E-state index contributed by atoms with van der Waals surface area (Å²) in [5, 5.41) is 15.4. The zero-order valence-corrected chi connectivity index (χ0v) is 31.7. The van der Waals surface area contributed by atoms with Crippen LogP contribution in [0.2, 0.25) is 0 Å². The van der Waals surface area contributed by atoms with Crippen molar-refractivity contribution < 1.29 is 24.2 Å². The maximum atomic E-state index is 12.5. The van der Waals surface area contributed by atoms with Gasteiger partial charge >= 0.3 is 0 Å². The summed E-state index contributed by atoms with van der Waals surface area (Å²) in [6, 6.07) is 23.9. The fraction of sp³-hybridized carbons (Fsp3) is 0.535. The standard InChI is InChI=1S/C43H60N2O5S/c1-3-4-5-6-7-8-9-10-11-12-13-14-15-16-42(48)44-30-34-17-23-37(24-18-34)43-49-39(29-41(50-43)36-21-19-35(31-46)20-22-36)32-51-40-27-25-38(26-28-40)45-33(2)47/h17-28,39,41,43,46H,3-16,29-32H2,1-2H3,(H,44,48)(H,45,47). The number of carbonyl (C=O) groups excluding carboxylic acids is 2. The first-order valence-electron chi connectivity index (χ1n) is 19.3. The van der Waals surface area contributed by atoms with Crippen molar-refractivity contribution >= 4 is 29.3 Å². The normalized spacial score (nSPS) is 17.3. The van der Waals surface area contributed by atoms with Crippen molar-refractivity contribution in [3.63, 3.8) is 0 Å². The number of aliphatic hydroxyl groups is 1. The van der Waals surface area contributed by atoms with Crippen molar-refractivity contribution in [2.75, 3.05) is 11.1 Å². The van der Waals surface area contributed by atoms with Crippen molar-refractivity contribution in [3.05, 3.63) is 95.1 Å². The third kappa shape index (κ3) is 15.5. The number of ether oxygens (including phenoxy) is 2. The van der Waals surface area contributed by atoms with Gasteiger partial charge in [0, 0.05) is 48.2 Å². The van der Waals surface area contributed by atoms with Crippen molar-refractivity contribution in [1.82, 2.24) is 5.32 Å². The van der Waals surface area contributed by atoms with Gasteiger partial charge in [0.15, 0.2) is 6.29 Å². The third-order valence-electron chi connectivity index (χ3n) is 9.47. The molecule has 1 heterocycles. The van der Waals surface area contributed by atoms with E-state index in [4.69, 9.17) is 9.47 Å². The van der Waals surface area contributed by atoms with Gasteiger partial charge in [-0.2, -0.15) is 0 Å². The molecule has 7 nitrogen and oxygen atoms in total. The van der Waals surface area contributed by atoms with Gasteiger partial charge in [-0.3, -0.25) is 9.59 Å². The second kappa shape index (κ2) is 23.4. The van der Waals surface area contributed by atoms with Gasteiger partial charge in [0.05, 0.1) is 18.8 Å². The largest absolute Gasteiger partial charge is 0.392 e. The Balaban J connectivity index is 1.20. The topological polar surface area (TPSA) is 96.9 Å². The van der Waals surface area contributed by atoms with Crippen LogP contribution < -0.4 is 10.6 Å². The van der Waals surface area contributed by atoms with Crippen LogP contribution in [0.5, 0.6) is 0 Å². The highest BCUT2D eigenvalue weighted by Gasteiger charge is 2.32. The van der Waals surface area contributed by atoms with Crippen molar-refractivity contribution in [2.24, 2.45) is 0 Å². The number of hydrogen-bond acceptors (Lipinski definition) is 6. The Morgan fingerprint density at radius 1 is 0.725 bits per heavy atom. The lowest BCUT2D eigenvalue weighted by Crippen LogP contribution is -2.31. The molecular weight excluding hydrogens is 657 g/mol. The molecule has 1 fully saturated rings. The van der Waals surface area contributed by atoms with Gasteiger partial charge in [0.25, 0.3) is 0 Å². The average Bonchev–Trinajstić information content (AvgIpc) is 3.15. The number of benzene rings is 3. The molecule has 278 valence electrons. The van der Waals surface area contributed by atoms with E-state index in [0.717, 1.165) is 51.4 Å². The van der Waals surface area contributed by atoms with Gasteiger partial charge in [-0.05, 0) is 47.4 Å². The Morgan fingerprint density at radius 3 is 1.88 bits per heavy atom. The molecule has 3 aromatic rings. The highest BCUT2D eigenvalue weighted by Crippen LogP contribution is 2.39. The predicted octanol–water partition coefficient (Wildman–Crippen LogP) is 10.6. The number of hydrogen-bond donors (Lipinski definition) is 3. The maximum absolute atomic E-state index is 12.5. The van der Waals surface area contributed by atoms with Crippen LogP contribution in [0.4, 0.5) is 5.69 Å². The molecule has 3 unspecified atom stereocenters. The van der Waals surface area contributed by atoms with E-state index in [9.17, 15) is 14.7 Å². The van der Waals surface area contributed by atoms with E-state index in [2.05, 4.69) is 17.6 Å². The van der Waals surface area contributed by atoms with Gasteiger partial charge in [-0.15, -0.1) is 11.8 Å². The van der Waals surface area contributed by atoms with E-state index < -0.39 is 6.29 Å². The van der Waals surface area contributed by atoms with E-state index in [1.165, 1.54) is 77.6 Å². The van der Waals surface area contributed by atoms with Gasteiger partial charge in [0.1, 0.15) is 0 Å². The van der Waals surface area contributed by atoms with E-state index in [1.807, 2.05) is 72.8 Å². The molecule has 2 amide bonds. The number of aliphatic hydroxyl groups excluding tert-OH is 1. The van der Waals surface area contributed by atoms with Crippen LogP contribution in [0.25, 0.3) is 0 Å². The second-order valence-electron chi connectivity index (χ2n) is 13.9. The number of rotatable bonds is 23. The molecular formula is C43H60N2O5S. The monoisotopic (exact) mass is 716 g/mol. The first-order chi connectivity index (χ1) is 24.9. The molecule has 4 rings (SSSR count). The van der Waals surface area contributed by atoms with Crippen LogP contribution in [0.3, 0.4) is 0 Å². The minimum Gasteiger partial charge on any atom is -0.392 e. The highest BCUT2D eigenvalue weighted by molar-refractivity contribution is 7.99. The summed E-state index contributed by atoms with van der Waals surface area (Å²) in [6.45, 7) is 4.28. The van der Waals surface area contributed by atoms with Gasteiger partial charge in [0.2, 0.25) is 11.8 Å². The van der Waals surface area contributed by atoms with E-state index in [-0.39, 0.29) is 30.6 Å². The van der Waals surface area contributed by atoms with Crippen LogP contribution >= 0.6 is 11.8 Å². The second-order valence-corrected chi connectivity index (χ2v) is 15.0.